The van der Waals surface area contributed by atoms with Crippen molar-refractivity contribution >= 4 is 5.97 Å². The van der Waals surface area contributed by atoms with E-state index in [2.05, 4.69) is 5.32 Å². The number of fused-ring (bicyclic) bond motifs is 1. The first-order valence-electron chi connectivity index (χ1n) is 3.28. The van der Waals surface area contributed by atoms with Gasteiger partial charge in [0.05, 0.1) is 0 Å². The van der Waals surface area contributed by atoms with Crippen molar-refractivity contribution in [2.75, 3.05) is 6.54 Å². The van der Waals surface area contributed by atoms with E-state index >= 15 is 0 Å². The molecule has 1 saturated heterocycles. The van der Waals surface area contributed by atoms with E-state index < -0.39 is 17.7 Å². The maximum atomic E-state index is 13.0. The quantitative estimate of drug-likeness (QED) is 0.536. The van der Waals surface area contributed by atoms with Crippen LogP contribution in [0.4, 0.5) is 4.39 Å². The van der Waals surface area contributed by atoms with Crippen LogP contribution in [0.5, 0.6) is 0 Å². The highest BCUT2D eigenvalue weighted by atomic mass is 19.1. The molecule has 2 rings (SSSR count). The first kappa shape index (κ1) is 6.09. The number of hydrogen-bond donors (Lipinski definition) is 2. The largest absolute Gasteiger partial charge is 0.480 e. The van der Waals surface area contributed by atoms with Crippen molar-refractivity contribution in [3.8, 4) is 0 Å². The Kier molecular flexibility index (Phi) is 0.916. The van der Waals surface area contributed by atoms with Crippen LogP contribution in [-0.4, -0.2) is 29.3 Å². The first-order chi connectivity index (χ1) is 4.63. The van der Waals surface area contributed by atoms with Gasteiger partial charge < -0.3 is 10.4 Å². The predicted octanol–water partition coefficient (Wildman–Crippen LogP) is -0.229. The zero-order chi connectivity index (χ0) is 7.35. The zero-order valence-corrected chi connectivity index (χ0v) is 5.30. The molecule has 0 aromatic rings. The fourth-order valence-electron chi connectivity index (χ4n) is 1.61. The summed E-state index contributed by atoms with van der Waals surface area (Å²) in [7, 11) is 0. The van der Waals surface area contributed by atoms with Crippen molar-refractivity contribution < 1.29 is 14.3 Å². The van der Waals surface area contributed by atoms with Gasteiger partial charge in [0.1, 0.15) is 11.7 Å². The standard InChI is InChI=1S/C6H8FNO2/c7-6-1-3(6)4(5(9)10)8-2-6/h3-4,8H,1-2H2,(H,9,10)/t3-,4+,6-/m1/s1. The molecule has 0 unspecified atom stereocenters. The van der Waals surface area contributed by atoms with Crippen molar-refractivity contribution in [2.24, 2.45) is 5.92 Å². The summed E-state index contributed by atoms with van der Waals surface area (Å²) in [5.74, 6) is -1.19. The number of aliphatic carboxylic acids is 1. The number of piperidine rings is 1. The van der Waals surface area contributed by atoms with Crippen molar-refractivity contribution in [3.63, 3.8) is 0 Å². The highest BCUT2D eigenvalue weighted by Gasteiger charge is 2.65. The Balaban J connectivity index is 2.11. The van der Waals surface area contributed by atoms with E-state index in [1.54, 1.807) is 0 Å². The molecule has 2 fully saturated rings. The van der Waals surface area contributed by atoms with Crippen molar-refractivity contribution in [2.45, 2.75) is 18.1 Å². The zero-order valence-electron chi connectivity index (χ0n) is 5.30. The number of nitrogens with one attached hydrogen (secondary N) is 1. The lowest BCUT2D eigenvalue weighted by atomic mass is 10.2. The van der Waals surface area contributed by atoms with Crippen molar-refractivity contribution in [1.82, 2.24) is 5.32 Å². The second kappa shape index (κ2) is 1.50. The summed E-state index contributed by atoms with van der Waals surface area (Å²) in [5, 5.41) is 11.1. The summed E-state index contributed by atoms with van der Waals surface area (Å²) in [6, 6.07) is -0.634. The van der Waals surface area contributed by atoms with Crippen LogP contribution in [0.2, 0.25) is 0 Å². The molecule has 0 radical (unpaired) electrons. The molecule has 3 atom stereocenters. The van der Waals surface area contributed by atoms with Gasteiger partial charge in [0.2, 0.25) is 0 Å². The third kappa shape index (κ3) is 0.595. The average molecular weight is 145 g/mol. The fourth-order valence-corrected chi connectivity index (χ4v) is 1.61. The average Bonchev–Trinajstić information content (AvgIpc) is 2.36. The predicted molar refractivity (Wildman–Crippen MR) is 31.4 cm³/mol. The number of halogens is 1. The number of carboxylic acid groups (broad SMARTS) is 1. The second-order valence-electron chi connectivity index (χ2n) is 3.04. The van der Waals surface area contributed by atoms with E-state index in [4.69, 9.17) is 5.11 Å². The van der Waals surface area contributed by atoms with Crippen LogP contribution in [0.3, 0.4) is 0 Å². The van der Waals surface area contributed by atoms with Gasteiger partial charge in [-0.05, 0) is 6.42 Å². The second-order valence-corrected chi connectivity index (χ2v) is 3.04. The summed E-state index contributed by atoms with van der Waals surface area (Å²) in [4.78, 5) is 10.4. The van der Waals surface area contributed by atoms with Gasteiger partial charge in [0, 0.05) is 12.5 Å². The van der Waals surface area contributed by atoms with Crippen LogP contribution in [-0.2, 0) is 4.79 Å². The molecule has 2 N–H and O–H groups in total. The molecule has 3 nitrogen and oxygen atoms in total. The smallest absolute Gasteiger partial charge is 0.321 e. The van der Waals surface area contributed by atoms with E-state index in [0.717, 1.165) is 0 Å². The van der Waals surface area contributed by atoms with Crippen LogP contribution in [0.15, 0.2) is 0 Å². The molecular weight excluding hydrogens is 137 g/mol. The van der Waals surface area contributed by atoms with E-state index in [9.17, 15) is 9.18 Å². The van der Waals surface area contributed by atoms with E-state index in [1.165, 1.54) is 0 Å². The molecule has 0 aromatic carbocycles. The summed E-state index contributed by atoms with van der Waals surface area (Å²) in [6.45, 7) is 0.217. The molecule has 10 heavy (non-hydrogen) atoms. The number of alkyl halides is 1. The molecule has 2 aliphatic rings. The molecule has 0 bridgehead atoms. The highest BCUT2D eigenvalue weighted by Crippen LogP contribution is 2.52. The third-order valence-electron chi connectivity index (χ3n) is 2.35. The van der Waals surface area contributed by atoms with Crippen LogP contribution >= 0.6 is 0 Å². The minimum atomic E-state index is -1.18. The molecule has 4 heteroatoms. The van der Waals surface area contributed by atoms with Gasteiger partial charge in [-0.1, -0.05) is 0 Å². The molecule has 1 aliphatic carbocycles. The van der Waals surface area contributed by atoms with Gasteiger partial charge >= 0.3 is 5.97 Å². The van der Waals surface area contributed by atoms with Gasteiger partial charge in [-0.25, -0.2) is 4.39 Å². The van der Waals surface area contributed by atoms with Gasteiger partial charge in [-0.2, -0.15) is 0 Å². The van der Waals surface area contributed by atoms with Crippen LogP contribution in [0.25, 0.3) is 0 Å². The SMILES string of the molecule is O=C(O)[C@H]1NC[C@]2(F)C[C@H]12. The fraction of sp³-hybridized carbons (Fsp3) is 0.833. The molecule has 56 valence electrons. The molecule has 0 amide bonds. The van der Waals surface area contributed by atoms with E-state index in [0.29, 0.717) is 6.42 Å². The Morgan fingerprint density at radius 1 is 1.80 bits per heavy atom. The first-order valence-corrected chi connectivity index (χ1v) is 3.28. The lowest BCUT2D eigenvalue weighted by Crippen LogP contribution is -2.34. The van der Waals surface area contributed by atoms with Crippen LogP contribution in [0, 0.1) is 5.92 Å². The Morgan fingerprint density at radius 2 is 2.50 bits per heavy atom. The summed E-state index contributed by atoms with van der Waals surface area (Å²) < 4.78 is 13.0. The minimum absolute atomic E-state index is 0.217. The minimum Gasteiger partial charge on any atom is -0.480 e. The third-order valence-corrected chi connectivity index (χ3v) is 2.35. The Morgan fingerprint density at radius 3 is 2.70 bits per heavy atom. The van der Waals surface area contributed by atoms with Gasteiger partial charge in [-0.3, -0.25) is 4.79 Å². The van der Waals surface area contributed by atoms with Crippen molar-refractivity contribution in [3.05, 3.63) is 0 Å². The normalized spacial score (nSPS) is 50.5. The summed E-state index contributed by atoms with van der Waals surface area (Å²) in [6.07, 6.45) is 0.428. The lowest BCUT2D eigenvalue weighted by molar-refractivity contribution is -0.139. The number of hydrogen-bond acceptors (Lipinski definition) is 2. The van der Waals surface area contributed by atoms with Crippen LogP contribution in [0.1, 0.15) is 6.42 Å². The summed E-state index contributed by atoms with van der Waals surface area (Å²) in [5.41, 5.74) is -1.18. The maximum absolute atomic E-state index is 13.0. The Hall–Kier alpha value is -0.640. The van der Waals surface area contributed by atoms with E-state index in [1.807, 2.05) is 0 Å². The lowest BCUT2D eigenvalue weighted by Gasteiger charge is -2.04. The summed E-state index contributed by atoms with van der Waals surface area (Å²) >= 11 is 0. The molecule has 1 aliphatic heterocycles. The molecular formula is C6H8FNO2. The van der Waals surface area contributed by atoms with Crippen LogP contribution < -0.4 is 5.32 Å². The maximum Gasteiger partial charge on any atom is 0.321 e. The number of carbonyl (C=O) groups is 1. The highest BCUT2D eigenvalue weighted by molar-refractivity contribution is 5.75. The topological polar surface area (TPSA) is 49.3 Å². The molecule has 0 spiro atoms. The molecule has 0 aromatic heterocycles. The molecule has 1 heterocycles. The number of rotatable bonds is 1. The Labute approximate surface area is 57.2 Å². The van der Waals surface area contributed by atoms with Gasteiger partial charge in [0.15, 0.2) is 0 Å². The monoisotopic (exact) mass is 145 g/mol. The van der Waals surface area contributed by atoms with E-state index in [-0.39, 0.29) is 12.5 Å². The molecule has 1 saturated carbocycles. The number of carboxylic acids is 1. The van der Waals surface area contributed by atoms with Gasteiger partial charge in [0.25, 0.3) is 0 Å². The van der Waals surface area contributed by atoms with Crippen molar-refractivity contribution in [1.29, 1.82) is 0 Å². The van der Waals surface area contributed by atoms with Gasteiger partial charge in [-0.15, -0.1) is 0 Å². The Bertz CT molecular complexity index is 196.